The summed E-state index contributed by atoms with van der Waals surface area (Å²) < 4.78 is 15.1. The van der Waals surface area contributed by atoms with Gasteiger partial charge >= 0.3 is 12.1 Å². The van der Waals surface area contributed by atoms with Gasteiger partial charge in [-0.05, 0) is 54.8 Å². The average Bonchev–Trinajstić information content (AvgIpc) is 3.27. The molecule has 0 spiro atoms. The van der Waals surface area contributed by atoms with Gasteiger partial charge in [-0.3, -0.25) is 15.4 Å². The summed E-state index contributed by atoms with van der Waals surface area (Å²) in [5.74, 6) is 0.596. The van der Waals surface area contributed by atoms with Crippen molar-refractivity contribution in [1.82, 2.24) is 5.32 Å². The van der Waals surface area contributed by atoms with Gasteiger partial charge in [0.15, 0.2) is 4.87 Å². The monoisotopic (exact) mass is 446 g/mol. The zero-order chi connectivity index (χ0) is 22.3. The van der Waals surface area contributed by atoms with Crippen molar-refractivity contribution in [2.75, 3.05) is 13.7 Å². The maximum Gasteiger partial charge on any atom is 0.516 e. The predicted molar refractivity (Wildman–Crippen MR) is 114 cm³/mol. The number of hydrogen-bond acceptors (Lipinski definition) is 9. The van der Waals surface area contributed by atoms with Crippen LogP contribution in [-0.4, -0.2) is 35.6 Å². The molecule has 1 aliphatic heterocycles. The van der Waals surface area contributed by atoms with Crippen molar-refractivity contribution in [3.8, 4) is 5.75 Å². The van der Waals surface area contributed by atoms with Gasteiger partial charge in [-0.2, -0.15) is 0 Å². The number of esters is 1. The van der Waals surface area contributed by atoms with Gasteiger partial charge in [-0.15, -0.1) is 11.8 Å². The van der Waals surface area contributed by atoms with Gasteiger partial charge in [0.25, 0.3) is 5.69 Å². The van der Waals surface area contributed by atoms with E-state index >= 15 is 0 Å². The summed E-state index contributed by atoms with van der Waals surface area (Å²) in [6.07, 6.45) is 0.201. The van der Waals surface area contributed by atoms with Gasteiger partial charge in [0.1, 0.15) is 12.4 Å². The molecule has 164 valence electrons. The van der Waals surface area contributed by atoms with Crippen molar-refractivity contribution in [3.63, 3.8) is 0 Å². The molecule has 2 aromatic rings. The zero-order valence-corrected chi connectivity index (χ0v) is 17.7. The minimum Gasteiger partial charge on any atom is -0.497 e. The van der Waals surface area contributed by atoms with E-state index in [0.717, 1.165) is 17.7 Å². The number of nitro groups is 1. The Morgan fingerprint density at radius 2 is 1.81 bits per heavy atom. The van der Waals surface area contributed by atoms with E-state index in [0.29, 0.717) is 24.3 Å². The van der Waals surface area contributed by atoms with E-state index in [2.05, 4.69) is 5.32 Å². The molecule has 0 saturated carbocycles. The first-order chi connectivity index (χ1) is 14.9. The largest absolute Gasteiger partial charge is 0.516 e. The standard InChI is InChI=1S/C21H22N2O7S/c1-28-18-9-5-16(6-10-18)14-31-21(11-2-12-22-21)19(24)30-20(25)29-13-15-3-7-17(8-4-15)23(26)27/h3-10,22H,2,11-14H2,1H3/t21-/m0/s1. The summed E-state index contributed by atoms with van der Waals surface area (Å²) in [5, 5.41) is 13.8. The van der Waals surface area contributed by atoms with Gasteiger partial charge in [-0.25, -0.2) is 9.59 Å². The first-order valence-corrected chi connectivity index (χ1v) is 10.5. The molecule has 0 bridgehead atoms. The molecule has 1 aliphatic rings. The van der Waals surface area contributed by atoms with Crippen LogP contribution in [0.25, 0.3) is 0 Å². The fourth-order valence-corrected chi connectivity index (χ4v) is 4.30. The first-order valence-electron chi connectivity index (χ1n) is 9.56. The van der Waals surface area contributed by atoms with Gasteiger partial charge < -0.3 is 14.2 Å². The number of methoxy groups -OCH3 is 1. The normalized spacial score (nSPS) is 17.7. The maximum atomic E-state index is 12.7. The summed E-state index contributed by atoms with van der Waals surface area (Å²) in [6, 6.07) is 13.1. The highest BCUT2D eigenvalue weighted by atomic mass is 32.2. The molecule has 3 rings (SSSR count). The number of ether oxygens (including phenoxy) is 3. The third-order valence-corrected chi connectivity index (χ3v) is 6.26. The van der Waals surface area contributed by atoms with E-state index in [1.165, 1.54) is 36.0 Å². The van der Waals surface area contributed by atoms with Gasteiger partial charge in [-0.1, -0.05) is 12.1 Å². The van der Waals surface area contributed by atoms with Crippen LogP contribution in [-0.2, 0) is 26.6 Å². The van der Waals surface area contributed by atoms with Gasteiger partial charge in [0.05, 0.1) is 12.0 Å². The van der Waals surface area contributed by atoms with Crippen LogP contribution in [0.15, 0.2) is 48.5 Å². The lowest BCUT2D eigenvalue weighted by molar-refractivity contribution is -0.384. The first kappa shape index (κ1) is 22.6. The quantitative estimate of drug-likeness (QED) is 0.280. The molecule has 1 atom stereocenters. The molecule has 2 aromatic carbocycles. The maximum absolute atomic E-state index is 12.7. The number of thioether (sulfide) groups is 1. The van der Waals surface area contributed by atoms with Crippen LogP contribution in [0, 0.1) is 10.1 Å². The molecular formula is C21H22N2O7S. The Kier molecular flexibility index (Phi) is 7.48. The molecule has 0 unspecified atom stereocenters. The molecule has 0 radical (unpaired) electrons. The molecule has 9 nitrogen and oxygen atoms in total. The Morgan fingerprint density at radius 1 is 1.13 bits per heavy atom. The fraction of sp³-hybridized carbons (Fsp3) is 0.333. The van der Waals surface area contributed by atoms with Crippen molar-refractivity contribution in [2.45, 2.75) is 30.1 Å². The lowest BCUT2D eigenvalue weighted by Gasteiger charge is -2.25. The third kappa shape index (κ3) is 5.96. The number of rotatable bonds is 8. The van der Waals surface area contributed by atoms with Crippen LogP contribution in [0.1, 0.15) is 24.0 Å². The molecule has 1 saturated heterocycles. The number of benzene rings is 2. The Bertz CT molecular complexity index is 926. The number of hydrogen-bond donors (Lipinski definition) is 1. The molecule has 31 heavy (non-hydrogen) atoms. The number of nitrogens with one attached hydrogen (secondary N) is 1. The summed E-state index contributed by atoms with van der Waals surface area (Å²) >= 11 is 1.37. The molecule has 0 aromatic heterocycles. The number of nitro benzene ring substituents is 1. The predicted octanol–water partition coefficient (Wildman–Crippen LogP) is 3.80. The van der Waals surface area contributed by atoms with Crippen molar-refractivity contribution < 1.29 is 28.7 Å². The second-order valence-corrected chi connectivity index (χ2v) is 8.12. The van der Waals surface area contributed by atoms with Crippen molar-refractivity contribution >= 4 is 29.6 Å². The van der Waals surface area contributed by atoms with Crippen molar-refractivity contribution in [2.24, 2.45) is 0 Å². The molecule has 0 amide bonds. The van der Waals surface area contributed by atoms with Crippen LogP contribution in [0.4, 0.5) is 10.5 Å². The second kappa shape index (κ2) is 10.3. The highest BCUT2D eigenvalue weighted by Gasteiger charge is 2.44. The topological polar surface area (TPSA) is 117 Å². The Balaban J connectivity index is 1.54. The third-order valence-electron chi connectivity index (χ3n) is 4.77. The zero-order valence-electron chi connectivity index (χ0n) is 16.9. The summed E-state index contributed by atoms with van der Waals surface area (Å²) in [4.78, 5) is 33.9. The minimum atomic E-state index is -1.11. The van der Waals surface area contributed by atoms with E-state index < -0.39 is 21.9 Å². The van der Waals surface area contributed by atoms with Crippen LogP contribution in [0.2, 0.25) is 0 Å². The van der Waals surface area contributed by atoms with E-state index in [9.17, 15) is 19.7 Å². The molecule has 10 heteroatoms. The molecule has 1 heterocycles. The van der Waals surface area contributed by atoms with Gasteiger partial charge in [0.2, 0.25) is 0 Å². The van der Waals surface area contributed by atoms with E-state index in [1.807, 2.05) is 24.3 Å². The number of nitrogens with zero attached hydrogens (tertiary/aromatic N) is 1. The smallest absolute Gasteiger partial charge is 0.497 e. The van der Waals surface area contributed by atoms with E-state index in [4.69, 9.17) is 14.2 Å². The molecule has 0 aliphatic carbocycles. The molecule has 1 N–H and O–H groups in total. The van der Waals surface area contributed by atoms with Crippen molar-refractivity contribution in [3.05, 3.63) is 69.8 Å². The van der Waals surface area contributed by atoms with Crippen LogP contribution < -0.4 is 10.1 Å². The van der Waals surface area contributed by atoms with Crippen LogP contribution in [0.5, 0.6) is 5.75 Å². The fourth-order valence-electron chi connectivity index (χ4n) is 3.04. The van der Waals surface area contributed by atoms with E-state index in [1.54, 1.807) is 7.11 Å². The summed E-state index contributed by atoms with van der Waals surface area (Å²) in [5.41, 5.74) is 1.48. The van der Waals surface area contributed by atoms with Crippen LogP contribution >= 0.6 is 11.8 Å². The summed E-state index contributed by atoms with van der Waals surface area (Å²) in [7, 11) is 1.60. The molecule has 1 fully saturated rings. The Hall–Kier alpha value is -3.11. The number of carbonyl (C=O) groups is 2. The minimum absolute atomic E-state index is 0.0651. The molecular weight excluding hydrogens is 424 g/mol. The summed E-state index contributed by atoms with van der Waals surface area (Å²) in [6.45, 7) is 0.478. The van der Waals surface area contributed by atoms with Gasteiger partial charge in [0, 0.05) is 17.9 Å². The number of carbonyl (C=O) groups excluding carboxylic acids is 2. The highest BCUT2D eigenvalue weighted by Crippen LogP contribution is 2.35. The van der Waals surface area contributed by atoms with Crippen molar-refractivity contribution in [1.29, 1.82) is 0 Å². The lowest BCUT2D eigenvalue weighted by atomic mass is 10.2. The van der Waals surface area contributed by atoms with Crippen LogP contribution in [0.3, 0.4) is 0 Å². The Labute approximate surface area is 183 Å². The highest BCUT2D eigenvalue weighted by molar-refractivity contribution is 8.00. The Morgan fingerprint density at radius 3 is 2.39 bits per heavy atom. The SMILES string of the molecule is COc1ccc(CS[C@]2(C(=O)OC(=O)OCc3ccc([N+](=O)[O-])cc3)CCCN2)cc1. The second-order valence-electron chi connectivity index (χ2n) is 6.85. The average molecular weight is 446 g/mol. The van der Waals surface area contributed by atoms with E-state index in [-0.39, 0.29) is 12.3 Å². The number of non-ortho nitro benzene ring substituents is 1. The lowest BCUT2D eigenvalue weighted by Crippen LogP contribution is -2.46.